The van der Waals surface area contributed by atoms with Gasteiger partial charge in [-0.15, -0.1) is 0 Å². The van der Waals surface area contributed by atoms with Crippen molar-refractivity contribution in [3.8, 4) is 0 Å². The van der Waals surface area contributed by atoms with Gasteiger partial charge >= 0.3 is 5.97 Å². The van der Waals surface area contributed by atoms with Crippen molar-refractivity contribution in [2.45, 2.75) is 143 Å². The van der Waals surface area contributed by atoms with Crippen LogP contribution < -0.4 is 0 Å². The van der Waals surface area contributed by atoms with Crippen LogP contribution in [0.2, 0.25) is 0 Å². The Hall–Kier alpha value is -1.11. The molecule has 1 saturated heterocycles. The molecular formula is C36H58O10. The van der Waals surface area contributed by atoms with Gasteiger partial charge in [0.15, 0.2) is 6.29 Å². The highest BCUT2D eigenvalue weighted by Crippen LogP contribution is 2.78. The Morgan fingerprint density at radius 1 is 0.913 bits per heavy atom. The van der Waals surface area contributed by atoms with Crippen LogP contribution in [0.15, 0.2) is 11.6 Å². The van der Waals surface area contributed by atoms with Crippen LogP contribution in [0, 0.1) is 49.7 Å². The van der Waals surface area contributed by atoms with E-state index in [9.17, 15) is 40.5 Å². The summed E-state index contributed by atoms with van der Waals surface area (Å²) in [6, 6.07) is 0. The van der Waals surface area contributed by atoms with Crippen LogP contribution in [0.1, 0.15) is 99.8 Å². The van der Waals surface area contributed by atoms with E-state index in [0.29, 0.717) is 44.9 Å². The summed E-state index contributed by atoms with van der Waals surface area (Å²) in [4.78, 5) is 13.2. The zero-order valence-electron chi connectivity index (χ0n) is 28.7. The lowest BCUT2D eigenvalue weighted by atomic mass is 9.30. The van der Waals surface area contributed by atoms with Crippen LogP contribution in [-0.4, -0.2) is 97.8 Å². The molecule has 1 heterocycles. The van der Waals surface area contributed by atoms with Crippen molar-refractivity contribution in [1.82, 2.24) is 0 Å². The Morgan fingerprint density at radius 3 is 2.22 bits per heavy atom. The summed E-state index contributed by atoms with van der Waals surface area (Å²) in [5.74, 6) is -1.21. The average molecular weight is 651 g/mol. The standard InChI is InChI=1S/C36H58O10/c1-30(2)12-13-36(29(43)44)23(40)15-34(6)22(35(36,7)17-30)9-8-21-31(3)11-10-24(46-28-26(42)25(41)20(39)16-45-28)32(4,18-37)27(31)19(38)14-33(21,34)5/h9,19-21,23-28,37-42H,8,10-18H2,1-7H3,(H,43,44)/t19-,20-,21-,23-,24-,25-,26+,27+,28-,31-,32-,33+,34-,35+,36+/m0/s1. The number of carboxylic acids is 1. The van der Waals surface area contributed by atoms with E-state index in [0.717, 1.165) is 12.0 Å². The Kier molecular flexibility index (Phi) is 8.08. The first-order valence-electron chi connectivity index (χ1n) is 17.4. The first-order chi connectivity index (χ1) is 21.2. The summed E-state index contributed by atoms with van der Waals surface area (Å²) < 4.78 is 11.9. The second-order valence-corrected chi connectivity index (χ2v) is 18.2. The third kappa shape index (κ3) is 4.26. The molecule has 0 amide bonds. The highest BCUT2D eigenvalue weighted by Gasteiger charge is 2.76. The summed E-state index contributed by atoms with van der Waals surface area (Å²) in [5, 5.41) is 76.9. The second-order valence-electron chi connectivity index (χ2n) is 18.2. The van der Waals surface area contributed by atoms with Crippen LogP contribution in [-0.2, 0) is 14.3 Å². The van der Waals surface area contributed by atoms with Gasteiger partial charge < -0.3 is 45.2 Å². The Labute approximate surface area is 273 Å². The number of ether oxygens (including phenoxy) is 2. The third-order valence-corrected chi connectivity index (χ3v) is 15.4. The van der Waals surface area contributed by atoms with Gasteiger partial charge in [-0.2, -0.15) is 0 Å². The molecule has 0 radical (unpaired) electrons. The van der Waals surface area contributed by atoms with E-state index in [1.807, 2.05) is 6.92 Å². The SMILES string of the molecule is CC1(C)CC[C@]2(C(=O)O)[C@@H](O)C[C@@]3(C)C(=CC[C@H]4[C@]5(C)CC[C@H](O[C@@H]6OC[C@H](O)[C@H](O)[C@H]6O)[C@](C)(CO)[C@@H]5[C@@H](O)C[C@]43C)[C@@]2(C)C1. The molecule has 0 aromatic rings. The predicted molar refractivity (Wildman–Crippen MR) is 168 cm³/mol. The molecule has 5 aliphatic carbocycles. The lowest BCUT2D eigenvalue weighted by Crippen LogP contribution is -2.72. The van der Waals surface area contributed by atoms with Crippen LogP contribution >= 0.6 is 0 Å². The Morgan fingerprint density at radius 2 is 1.59 bits per heavy atom. The molecular weight excluding hydrogens is 592 g/mol. The molecule has 0 aromatic heterocycles. The average Bonchev–Trinajstić information content (AvgIpc) is 2.94. The van der Waals surface area contributed by atoms with Crippen LogP contribution in [0.3, 0.4) is 0 Å². The molecule has 10 nitrogen and oxygen atoms in total. The fourth-order valence-corrected chi connectivity index (χ4v) is 13.1. The van der Waals surface area contributed by atoms with E-state index in [4.69, 9.17) is 9.47 Å². The molecule has 5 fully saturated rings. The normalized spacial score (nSPS) is 56.5. The van der Waals surface area contributed by atoms with Crippen molar-refractivity contribution in [2.24, 2.45) is 49.7 Å². The lowest BCUT2D eigenvalue weighted by Gasteiger charge is -2.74. The molecule has 15 atom stereocenters. The number of allylic oxidation sites excluding steroid dienone is 2. The van der Waals surface area contributed by atoms with E-state index < -0.39 is 81.4 Å². The van der Waals surface area contributed by atoms with Gasteiger partial charge in [-0.1, -0.05) is 60.1 Å². The van der Waals surface area contributed by atoms with E-state index in [1.165, 1.54) is 0 Å². The maximum absolute atomic E-state index is 13.2. The molecule has 0 unspecified atom stereocenters. The number of aliphatic hydroxyl groups excluding tert-OH is 6. The Bertz CT molecular complexity index is 1270. The highest BCUT2D eigenvalue weighted by molar-refractivity contribution is 5.79. The number of aliphatic carboxylic acids is 1. The van der Waals surface area contributed by atoms with Gasteiger partial charge in [-0.05, 0) is 78.9 Å². The topological polar surface area (TPSA) is 177 Å². The van der Waals surface area contributed by atoms with Gasteiger partial charge in [0.2, 0.25) is 0 Å². The zero-order valence-corrected chi connectivity index (χ0v) is 28.7. The monoisotopic (exact) mass is 650 g/mol. The van der Waals surface area contributed by atoms with Gasteiger partial charge in [0.05, 0.1) is 31.5 Å². The molecule has 6 rings (SSSR count). The van der Waals surface area contributed by atoms with Gasteiger partial charge in [0, 0.05) is 16.7 Å². The minimum Gasteiger partial charge on any atom is -0.481 e. The summed E-state index contributed by atoms with van der Waals surface area (Å²) in [7, 11) is 0. The number of hydrogen-bond donors (Lipinski definition) is 7. The lowest BCUT2D eigenvalue weighted by molar-refractivity contribution is -0.321. The molecule has 46 heavy (non-hydrogen) atoms. The summed E-state index contributed by atoms with van der Waals surface area (Å²) in [6.45, 7) is 14.6. The second kappa shape index (κ2) is 10.7. The number of fused-ring (bicyclic) bond motifs is 7. The largest absolute Gasteiger partial charge is 0.481 e. The fraction of sp³-hybridized carbons (Fsp3) is 0.917. The van der Waals surface area contributed by atoms with Crippen molar-refractivity contribution in [1.29, 1.82) is 0 Å². The number of rotatable bonds is 4. The van der Waals surface area contributed by atoms with Gasteiger partial charge in [-0.25, -0.2) is 0 Å². The number of aliphatic hydroxyl groups is 6. The van der Waals surface area contributed by atoms with Gasteiger partial charge in [0.1, 0.15) is 23.7 Å². The van der Waals surface area contributed by atoms with Crippen molar-refractivity contribution in [3.05, 3.63) is 11.6 Å². The molecule has 10 heteroatoms. The van der Waals surface area contributed by atoms with Crippen LogP contribution in [0.4, 0.5) is 0 Å². The molecule has 0 aromatic carbocycles. The summed E-state index contributed by atoms with van der Waals surface area (Å²) in [6.07, 6.45) is -0.938. The number of hydrogen-bond acceptors (Lipinski definition) is 9. The first-order valence-corrected chi connectivity index (χ1v) is 17.4. The van der Waals surface area contributed by atoms with Crippen molar-refractivity contribution in [2.75, 3.05) is 13.2 Å². The molecule has 0 spiro atoms. The quantitative estimate of drug-likeness (QED) is 0.177. The Balaban J connectivity index is 1.39. The predicted octanol–water partition coefficient (Wildman–Crippen LogP) is 3.00. The minimum absolute atomic E-state index is 0.0761. The number of carbonyl (C=O) groups is 1. The van der Waals surface area contributed by atoms with Crippen molar-refractivity contribution in [3.63, 3.8) is 0 Å². The molecule has 262 valence electrons. The fourth-order valence-electron chi connectivity index (χ4n) is 13.1. The van der Waals surface area contributed by atoms with Crippen molar-refractivity contribution >= 4 is 5.97 Å². The maximum Gasteiger partial charge on any atom is 0.313 e. The van der Waals surface area contributed by atoms with Crippen LogP contribution in [0.5, 0.6) is 0 Å². The van der Waals surface area contributed by atoms with Gasteiger partial charge in [0.25, 0.3) is 0 Å². The van der Waals surface area contributed by atoms with E-state index in [2.05, 4.69) is 47.6 Å². The molecule has 4 saturated carbocycles. The van der Waals surface area contributed by atoms with E-state index in [1.54, 1.807) is 0 Å². The maximum atomic E-state index is 13.2. The molecule has 1 aliphatic heterocycles. The molecule has 7 N–H and O–H groups in total. The number of carboxylic acid groups (broad SMARTS) is 1. The highest BCUT2D eigenvalue weighted by atomic mass is 16.7. The third-order valence-electron chi connectivity index (χ3n) is 15.4. The zero-order chi connectivity index (χ0) is 34.0. The minimum atomic E-state index is -1.46. The first kappa shape index (κ1) is 34.7. The summed E-state index contributed by atoms with van der Waals surface area (Å²) >= 11 is 0. The van der Waals surface area contributed by atoms with Crippen molar-refractivity contribution < 1.29 is 50.0 Å². The summed E-state index contributed by atoms with van der Waals surface area (Å²) in [5.41, 5.74) is -3.36. The van der Waals surface area contributed by atoms with Crippen LogP contribution in [0.25, 0.3) is 0 Å². The van der Waals surface area contributed by atoms with E-state index in [-0.39, 0.29) is 30.5 Å². The van der Waals surface area contributed by atoms with Gasteiger partial charge in [-0.3, -0.25) is 4.79 Å². The molecule has 0 bridgehead atoms. The van der Waals surface area contributed by atoms with E-state index >= 15 is 0 Å². The molecule has 6 aliphatic rings. The smallest absolute Gasteiger partial charge is 0.313 e.